The molecule has 5 heteroatoms. The molecule has 0 amide bonds. The number of halogens is 3. The van der Waals surface area contributed by atoms with Crippen molar-refractivity contribution < 1.29 is 18.3 Å². The van der Waals surface area contributed by atoms with Crippen LogP contribution >= 0.6 is 15.9 Å². The van der Waals surface area contributed by atoms with Crippen LogP contribution in [0, 0.1) is 0 Å². The number of ether oxygens (including phenoxy) is 1. The molecule has 80 valence electrons. The van der Waals surface area contributed by atoms with E-state index in [1.165, 1.54) is 6.07 Å². The SMILES string of the molecule is C=CC(F)(F)OC(=O)c1ccccc1Br. The zero-order valence-electron chi connectivity index (χ0n) is 7.54. The van der Waals surface area contributed by atoms with Gasteiger partial charge in [-0.3, -0.25) is 0 Å². The number of carbonyl (C=O) groups is 1. The summed E-state index contributed by atoms with van der Waals surface area (Å²) >= 11 is 3.05. The van der Waals surface area contributed by atoms with Crippen LogP contribution in [0.15, 0.2) is 41.4 Å². The van der Waals surface area contributed by atoms with E-state index in [1.54, 1.807) is 18.2 Å². The van der Waals surface area contributed by atoms with Gasteiger partial charge in [-0.2, -0.15) is 8.78 Å². The maximum atomic E-state index is 12.6. The molecule has 0 radical (unpaired) electrons. The molecule has 0 aromatic heterocycles. The van der Waals surface area contributed by atoms with E-state index in [0.29, 0.717) is 4.47 Å². The van der Waals surface area contributed by atoms with Gasteiger partial charge in [0.2, 0.25) is 0 Å². The van der Waals surface area contributed by atoms with E-state index in [4.69, 9.17) is 0 Å². The van der Waals surface area contributed by atoms with Crippen molar-refractivity contribution >= 4 is 21.9 Å². The molecule has 1 aromatic rings. The molecule has 0 fully saturated rings. The summed E-state index contributed by atoms with van der Waals surface area (Å²) in [5.74, 6) is -1.10. The second-order valence-electron chi connectivity index (χ2n) is 2.64. The average molecular weight is 277 g/mol. The van der Waals surface area contributed by atoms with Gasteiger partial charge in [0, 0.05) is 10.5 Å². The van der Waals surface area contributed by atoms with Crippen molar-refractivity contribution in [3.63, 3.8) is 0 Å². The number of carbonyl (C=O) groups excluding carboxylic acids is 1. The van der Waals surface area contributed by atoms with Crippen molar-refractivity contribution in [3.05, 3.63) is 47.0 Å². The molecular weight excluding hydrogens is 270 g/mol. The summed E-state index contributed by atoms with van der Waals surface area (Å²) in [6, 6.07) is 6.15. The van der Waals surface area contributed by atoms with Gasteiger partial charge in [-0.15, -0.1) is 0 Å². The monoisotopic (exact) mass is 276 g/mol. The van der Waals surface area contributed by atoms with Crippen molar-refractivity contribution in [3.8, 4) is 0 Å². The standard InChI is InChI=1S/C10H7BrF2O2/c1-2-10(12,13)15-9(14)7-5-3-4-6-8(7)11/h2-6H,1H2. The summed E-state index contributed by atoms with van der Waals surface area (Å²) < 4.78 is 29.6. The van der Waals surface area contributed by atoms with Gasteiger partial charge >= 0.3 is 12.1 Å². The molecule has 0 aliphatic rings. The first-order valence-corrected chi connectivity index (χ1v) is 4.75. The Morgan fingerprint density at radius 2 is 2.07 bits per heavy atom. The first-order valence-electron chi connectivity index (χ1n) is 3.95. The summed E-state index contributed by atoms with van der Waals surface area (Å²) in [6.07, 6.45) is -3.38. The molecule has 15 heavy (non-hydrogen) atoms. The minimum absolute atomic E-state index is 0.0408. The fourth-order valence-corrected chi connectivity index (χ4v) is 1.29. The van der Waals surface area contributed by atoms with Gasteiger partial charge in [0.15, 0.2) is 0 Å². The van der Waals surface area contributed by atoms with E-state index in [0.717, 1.165) is 0 Å². The van der Waals surface area contributed by atoms with Gasteiger partial charge in [-0.05, 0) is 28.1 Å². The Balaban J connectivity index is 2.87. The van der Waals surface area contributed by atoms with Crippen LogP contribution in [0.2, 0.25) is 0 Å². The molecule has 0 unspecified atom stereocenters. The lowest BCUT2D eigenvalue weighted by atomic mass is 10.2. The van der Waals surface area contributed by atoms with Gasteiger partial charge in [-0.1, -0.05) is 18.7 Å². The third-order valence-electron chi connectivity index (χ3n) is 1.56. The van der Waals surface area contributed by atoms with Gasteiger partial charge in [-0.25, -0.2) is 4.79 Å². The minimum Gasteiger partial charge on any atom is -0.394 e. The molecule has 0 heterocycles. The highest BCUT2D eigenvalue weighted by Crippen LogP contribution is 2.22. The summed E-state index contributed by atoms with van der Waals surface area (Å²) in [7, 11) is 0. The summed E-state index contributed by atoms with van der Waals surface area (Å²) in [6.45, 7) is 2.86. The van der Waals surface area contributed by atoms with Crippen molar-refractivity contribution in [2.75, 3.05) is 0 Å². The van der Waals surface area contributed by atoms with Gasteiger partial charge in [0.1, 0.15) is 0 Å². The average Bonchev–Trinajstić information content (AvgIpc) is 2.17. The number of hydrogen-bond acceptors (Lipinski definition) is 2. The normalized spacial score (nSPS) is 10.9. The molecule has 0 aliphatic carbocycles. The molecule has 2 nitrogen and oxygen atoms in total. The van der Waals surface area contributed by atoms with Crippen LogP contribution in [0.4, 0.5) is 8.78 Å². The smallest absolute Gasteiger partial charge is 0.394 e. The van der Waals surface area contributed by atoms with Gasteiger partial charge < -0.3 is 4.74 Å². The van der Waals surface area contributed by atoms with Crippen molar-refractivity contribution in [2.45, 2.75) is 6.11 Å². The second-order valence-corrected chi connectivity index (χ2v) is 3.49. The largest absolute Gasteiger partial charge is 0.421 e. The molecule has 0 bridgehead atoms. The Morgan fingerprint density at radius 3 is 2.60 bits per heavy atom. The molecule has 0 saturated heterocycles. The lowest BCUT2D eigenvalue weighted by Gasteiger charge is -2.12. The van der Waals surface area contributed by atoms with E-state index in [2.05, 4.69) is 27.2 Å². The predicted molar refractivity (Wildman–Crippen MR) is 54.7 cm³/mol. The van der Waals surface area contributed by atoms with Crippen molar-refractivity contribution in [1.29, 1.82) is 0 Å². The summed E-state index contributed by atoms with van der Waals surface area (Å²) in [4.78, 5) is 11.3. The molecule has 1 rings (SSSR count). The fraction of sp³-hybridized carbons (Fsp3) is 0.100. The lowest BCUT2D eigenvalue weighted by Crippen LogP contribution is -2.22. The van der Waals surface area contributed by atoms with Crippen molar-refractivity contribution in [1.82, 2.24) is 0 Å². The number of hydrogen-bond donors (Lipinski definition) is 0. The molecule has 0 N–H and O–H groups in total. The van der Waals surface area contributed by atoms with E-state index >= 15 is 0 Å². The highest BCUT2D eigenvalue weighted by Gasteiger charge is 2.30. The molecule has 0 spiro atoms. The second kappa shape index (κ2) is 4.53. The van der Waals surface area contributed by atoms with Crippen LogP contribution in [0.5, 0.6) is 0 Å². The van der Waals surface area contributed by atoms with E-state index in [9.17, 15) is 13.6 Å². The van der Waals surface area contributed by atoms with Crippen molar-refractivity contribution in [2.24, 2.45) is 0 Å². The number of benzene rings is 1. The zero-order chi connectivity index (χ0) is 11.5. The molecular formula is C10H7BrF2O2. The number of rotatable bonds is 3. The summed E-state index contributed by atoms with van der Waals surface area (Å²) in [5.41, 5.74) is 0.0408. The molecule has 1 aromatic carbocycles. The third-order valence-corrected chi connectivity index (χ3v) is 2.25. The Hall–Kier alpha value is -1.23. The van der Waals surface area contributed by atoms with E-state index in [1.807, 2.05) is 0 Å². The number of esters is 1. The minimum atomic E-state index is -3.65. The lowest BCUT2D eigenvalue weighted by molar-refractivity contribution is -0.160. The molecule has 0 saturated carbocycles. The van der Waals surface area contributed by atoms with Crippen LogP contribution in [-0.4, -0.2) is 12.1 Å². The number of alkyl halides is 2. The Bertz CT molecular complexity index is 391. The maximum absolute atomic E-state index is 12.6. The highest BCUT2D eigenvalue weighted by molar-refractivity contribution is 9.10. The van der Waals surface area contributed by atoms with Crippen LogP contribution in [-0.2, 0) is 4.74 Å². The highest BCUT2D eigenvalue weighted by atomic mass is 79.9. The van der Waals surface area contributed by atoms with Crippen LogP contribution in [0.3, 0.4) is 0 Å². The molecule has 0 aliphatic heterocycles. The van der Waals surface area contributed by atoms with Gasteiger partial charge in [0.05, 0.1) is 5.56 Å². The first kappa shape index (κ1) is 11.8. The molecule has 0 atom stereocenters. The van der Waals surface area contributed by atoms with E-state index < -0.39 is 12.1 Å². The Labute approximate surface area is 93.7 Å². The van der Waals surface area contributed by atoms with E-state index in [-0.39, 0.29) is 11.6 Å². The van der Waals surface area contributed by atoms with Crippen LogP contribution in [0.25, 0.3) is 0 Å². The zero-order valence-corrected chi connectivity index (χ0v) is 9.13. The fourth-order valence-electron chi connectivity index (χ4n) is 0.847. The quantitative estimate of drug-likeness (QED) is 0.625. The van der Waals surface area contributed by atoms with Crippen LogP contribution < -0.4 is 0 Å². The first-order chi connectivity index (χ1) is 6.96. The summed E-state index contributed by atoms with van der Waals surface area (Å²) in [5, 5.41) is 0. The maximum Gasteiger partial charge on any atom is 0.421 e. The third kappa shape index (κ3) is 3.13. The predicted octanol–water partition coefficient (Wildman–Crippen LogP) is 3.38. The van der Waals surface area contributed by atoms with Gasteiger partial charge in [0.25, 0.3) is 0 Å². The topological polar surface area (TPSA) is 26.3 Å². The Kier molecular flexibility index (Phi) is 3.57. The Morgan fingerprint density at radius 1 is 1.47 bits per heavy atom. The van der Waals surface area contributed by atoms with Crippen LogP contribution in [0.1, 0.15) is 10.4 Å².